The average molecular weight is 559 g/mol. The van der Waals surface area contributed by atoms with Gasteiger partial charge in [-0.1, -0.05) is 103 Å². The Balaban J connectivity index is 1.45. The topological polar surface area (TPSA) is 41.1 Å². The number of likely N-dealkylation sites (N-methyl/N-ethyl adjacent to an activating group) is 1. The summed E-state index contributed by atoms with van der Waals surface area (Å²) in [5, 5.41) is 6.85. The first-order valence-corrected chi connectivity index (χ1v) is 15.2. The SMILES string of the molecule is C=C1/C=C\C=C/C\C(C2C=C3c4ccccc4SC3CC2)=C/C=C1/C(=C/C=C1/C=CC(/C=C\C)=C(NC=O)C1)NC. The van der Waals surface area contributed by atoms with Gasteiger partial charge in [0.15, 0.2) is 0 Å². The van der Waals surface area contributed by atoms with Crippen molar-refractivity contribution in [3.05, 3.63) is 155 Å². The van der Waals surface area contributed by atoms with E-state index in [9.17, 15) is 4.79 Å². The molecule has 5 rings (SSSR count). The zero-order valence-corrected chi connectivity index (χ0v) is 24.7. The minimum absolute atomic E-state index is 0.422. The maximum Gasteiger partial charge on any atom is 0.211 e. The van der Waals surface area contributed by atoms with Crippen LogP contribution in [-0.4, -0.2) is 18.7 Å². The van der Waals surface area contributed by atoms with Crippen molar-refractivity contribution in [2.75, 3.05) is 7.05 Å². The predicted molar refractivity (Wildman–Crippen MR) is 175 cm³/mol. The Morgan fingerprint density at radius 3 is 2.80 bits per heavy atom. The number of thioether (sulfide) groups is 1. The van der Waals surface area contributed by atoms with Gasteiger partial charge in [0.05, 0.1) is 0 Å². The number of fused-ring (bicyclic) bond motifs is 3. The third-order valence-corrected chi connectivity index (χ3v) is 9.31. The van der Waals surface area contributed by atoms with Crippen LogP contribution in [0.4, 0.5) is 0 Å². The molecule has 0 spiro atoms. The van der Waals surface area contributed by atoms with Crippen LogP contribution in [0, 0.1) is 5.92 Å². The smallest absolute Gasteiger partial charge is 0.211 e. The molecule has 0 saturated heterocycles. The van der Waals surface area contributed by atoms with Crippen molar-refractivity contribution in [1.82, 2.24) is 10.6 Å². The highest BCUT2D eigenvalue weighted by molar-refractivity contribution is 8.00. The Hall–Kier alpha value is -4.02. The molecule has 1 amide bonds. The van der Waals surface area contributed by atoms with Gasteiger partial charge in [-0.3, -0.25) is 4.79 Å². The number of hydrogen-bond acceptors (Lipinski definition) is 3. The summed E-state index contributed by atoms with van der Waals surface area (Å²) < 4.78 is 0. The Morgan fingerprint density at radius 2 is 1.98 bits per heavy atom. The fourth-order valence-corrected chi connectivity index (χ4v) is 7.16. The van der Waals surface area contributed by atoms with Crippen LogP contribution < -0.4 is 10.6 Å². The molecule has 41 heavy (non-hydrogen) atoms. The summed E-state index contributed by atoms with van der Waals surface area (Å²) in [5.74, 6) is 0.422. The van der Waals surface area contributed by atoms with Gasteiger partial charge in [0.2, 0.25) is 6.41 Å². The molecular weight excluding hydrogens is 520 g/mol. The van der Waals surface area contributed by atoms with E-state index in [0.717, 1.165) is 46.5 Å². The Kier molecular flexibility index (Phi) is 9.43. The van der Waals surface area contributed by atoms with Crippen molar-refractivity contribution >= 4 is 23.7 Å². The lowest BCUT2D eigenvalue weighted by Gasteiger charge is -2.26. The van der Waals surface area contributed by atoms with E-state index in [4.69, 9.17) is 0 Å². The van der Waals surface area contributed by atoms with E-state index < -0.39 is 0 Å². The highest BCUT2D eigenvalue weighted by atomic mass is 32.2. The number of hydrogen-bond donors (Lipinski definition) is 2. The van der Waals surface area contributed by atoms with E-state index in [0.29, 0.717) is 17.6 Å². The van der Waals surface area contributed by atoms with Gasteiger partial charge in [-0.05, 0) is 72.1 Å². The standard InChI is InChI=1S/C37H38N2OS/c1-4-10-29-17-15-27(23-35(29)39-25-40)16-21-34(38-3)31-20-18-28(12-7-5-6-11-26(31)2)30-19-22-37-33(24-30)32-13-8-9-14-36(32)41-37/h4-11,13-18,20-21,24-25,30,37-38H,2,12,19,22-23H2,1,3H3,(H,39,40)/b7-5-,10-4-,11-6-,27-16-,28-18+,31-20+,34-21-. The van der Waals surface area contributed by atoms with Crippen molar-refractivity contribution in [3.8, 4) is 0 Å². The van der Waals surface area contributed by atoms with Crippen LogP contribution >= 0.6 is 11.8 Å². The molecule has 208 valence electrons. The molecule has 2 atom stereocenters. The van der Waals surface area contributed by atoms with Crippen LogP contribution in [0.15, 0.2) is 154 Å². The number of allylic oxidation sites excluding steroid dienone is 17. The number of nitrogens with one attached hydrogen (secondary N) is 2. The minimum Gasteiger partial charge on any atom is -0.388 e. The van der Waals surface area contributed by atoms with E-state index in [1.807, 2.05) is 44.0 Å². The first-order chi connectivity index (χ1) is 20.1. The number of rotatable bonds is 7. The van der Waals surface area contributed by atoms with Crippen LogP contribution in [0.2, 0.25) is 0 Å². The zero-order valence-electron chi connectivity index (χ0n) is 23.9. The summed E-state index contributed by atoms with van der Waals surface area (Å²) in [6.45, 7) is 6.37. The van der Waals surface area contributed by atoms with Gasteiger partial charge in [-0.15, -0.1) is 11.8 Å². The molecule has 1 aromatic rings. The van der Waals surface area contributed by atoms with Crippen molar-refractivity contribution in [2.24, 2.45) is 5.92 Å². The molecule has 4 aliphatic rings. The number of amides is 1. The highest BCUT2D eigenvalue weighted by Crippen LogP contribution is 2.50. The molecule has 1 aliphatic heterocycles. The third kappa shape index (κ3) is 6.66. The second-order valence-corrected chi connectivity index (χ2v) is 11.8. The average Bonchev–Trinajstić information content (AvgIpc) is 3.36. The monoisotopic (exact) mass is 558 g/mol. The van der Waals surface area contributed by atoms with Crippen LogP contribution in [0.1, 0.15) is 38.2 Å². The van der Waals surface area contributed by atoms with Crippen LogP contribution in [0.25, 0.3) is 5.57 Å². The highest BCUT2D eigenvalue weighted by Gasteiger charge is 2.32. The number of carbonyl (C=O) groups is 1. The molecule has 0 aromatic heterocycles. The molecule has 1 aromatic carbocycles. The zero-order chi connectivity index (χ0) is 28.6. The predicted octanol–water partition coefficient (Wildman–Crippen LogP) is 8.45. The Bertz CT molecular complexity index is 1520. The van der Waals surface area contributed by atoms with Crippen molar-refractivity contribution in [1.29, 1.82) is 0 Å². The summed E-state index contributed by atoms with van der Waals surface area (Å²) in [6, 6.07) is 8.84. The first kappa shape index (κ1) is 28.5. The molecule has 3 aliphatic carbocycles. The van der Waals surface area contributed by atoms with Gasteiger partial charge >= 0.3 is 0 Å². The van der Waals surface area contributed by atoms with Crippen LogP contribution in [0.5, 0.6) is 0 Å². The lowest BCUT2D eigenvalue weighted by Crippen LogP contribution is -2.14. The molecular formula is C37H38N2OS. The lowest BCUT2D eigenvalue weighted by molar-refractivity contribution is -0.109. The first-order valence-electron chi connectivity index (χ1n) is 14.3. The molecule has 3 nitrogen and oxygen atoms in total. The summed E-state index contributed by atoms with van der Waals surface area (Å²) >= 11 is 2.02. The van der Waals surface area contributed by atoms with Crippen molar-refractivity contribution < 1.29 is 4.79 Å². The molecule has 0 bridgehead atoms. The largest absolute Gasteiger partial charge is 0.388 e. The fourth-order valence-electron chi connectivity index (χ4n) is 5.80. The Labute approximate surface area is 249 Å². The molecule has 0 fully saturated rings. The van der Waals surface area contributed by atoms with E-state index in [1.165, 1.54) is 34.4 Å². The lowest BCUT2D eigenvalue weighted by atomic mass is 9.81. The van der Waals surface area contributed by atoms with Crippen LogP contribution in [0.3, 0.4) is 0 Å². The normalized spacial score (nSPS) is 27.8. The maximum absolute atomic E-state index is 11.2. The Morgan fingerprint density at radius 1 is 1.10 bits per heavy atom. The van der Waals surface area contributed by atoms with E-state index >= 15 is 0 Å². The molecule has 1 heterocycles. The summed E-state index contributed by atoms with van der Waals surface area (Å²) in [7, 11) is 1.95. The van der Waals surface area contributed by atoms with E-state index in [-0.39, 0.29) is 0 Å². The summed E-state index contributed by atoms with van der Waals surface area (Å²) in [4.78, 5) is 12.6. The van der Waals surface area contributed by atoms with Crippen molar-refractivity contribution in [3.63, 3.8) is 0 Å². The van der Waals surface area contributed by atoms with Gasteiger partial charge in [0.1, 0.15) is 0 Å². The quantitative estimate of drug-likeness (QED) is 0.330. The van der Waals surface area contributed by atoms with Crippen molar-refractivity contribution in [2.45, 2.75) is 42.8 Å². The van der Waals surface area contributed by atoms with E-state index in [2.05, 4.69) is 102 Å². The molecule has 2 N–H and O–H groups in total. The van der Waals surface area contributed by atoms with Crippen LogP contribution in [-0.2, 0) is 4.79 Å². The second kappa shape index (κ2) is 13.6. The maximum atomic E-state index is 11.2. The van der Waals surface area contributed by atoms with Gasteiger partial charge < -0.3 is 10.6 Å². The van der Waals surface area contributed by atoms with E-state index in [1.54, 1.807) is 0 Å². The molecule has 2 unspecified atom stereocenters. The van der Waals surface area contributed by atoms with Gasteiger partial charge in [0, 0.05) is 40.6 Å². The number of benzene rings is 1. The summed E-state index contributed by atoms with van der Waals surface area (Å²) in [5.41, 5.74) is 10.4. The van der Waals surface area contributed by atoms with Gasteiger partial charge in [-0.25, -0.2) is 0 Å². The second-order valence-electron chi connectivity index (χ2n) is 10.5. The molecule has 4 heteroatoms. The minimum atomic E-state index is 0.422. The third-order valence-electron chi connectivity index (χ3n) is 7.93. The molecule has 0 radical (unpaired) electrons. The number of carbonyl (C=O) groups excluding carboxylic acids is 1. The fraction of sp³-hybridized carbons (Fsp3) is 0.216. The van der Waals surface area contributed by atoms with Gasteiger partial charge in [0.25, 0.3) is 0 Å². The molecule has 0 saturated carbocycles. The summed E-state index contributed by atoms with van der Waals surface area (Å²) in [6.07, 6.45) is 32.7. The van der Waals surface area contributed by atoms with Gasteiger partial charge in [-0.2, -0.15) is 0 Å².